The number of nitrogens with zero attached hydrogens (tertiary/aromatic N) is 2. The number of aryl methyl sites for hydroxylation is 1. The molecule has 2 aromatic carbocycles. The largest absolute Gasteiger partial charge is 0.492 e. The molecule has 0 saturated heterocycles. The van der Waals surface area contributed by atoms with Crippen molar-refractivity contribution in [3.05, 3.63) is 63.8 Å². The van der Waals surface area contributed by atoms with Gasteiger partial charge in [0.05, 0.1) is 17.0 Å². The van der Waals surface area contributed by atoms with Crippen molar-refractivity contribution in [2.45, 2.75) is 6.92 Å². The topological polar surface area (TPSA) is 110 Å². The van der Waals surface area contributed by atoms with Gasteiger partial charge in [0.25, 0.3) is 11.6 Å². The second-order valence-corrected chi connectivity index (χ2v) is 5.48. The monoisotopic (exact) mass is 340 g/mol. The van der Waals surface area contributed by atoms with E-state index in [9.17, 15) is 14.9 Å². The van der Waals surface area contributed by atoms with Crippen LogP contribution in [-0.4, -0.2) is 34.2 Å². The van der Waals surface area contributed by atoms with Crippen LogP contribution < -0.4 is 10.1 Å². The number of hydrogen-bond acceptors (Lipinski definition) is 5. The van der Waals surface area contributed by atoms with Crippen molar-refractivity contribution in [1.29, 1.82) is 0 Å². The Kier molecular flexibility index (Phi) is 4.60. The first kappa shape index (κ1) is 16.4. The molecule has 25 heavy (non-hydrogen) atoms. The Hall–Kier alpha value is -3.42. The van der Waals surface area contributed by atoms with Gasteiger partial charge in [-0.2, -0.15) is 5.10 Å². The van der Waals surface area contributed by atoms with E-state index in [1.807, 2.05) is 31.2 Å². The van der Waals surface area contributed by atoms with E-state index < -0.39 is 10.8 Å². The Morgan fingerprint density at radius 2 is 2.04 bits per heavy atom. The number of rotatable bonds is 6. The van der Waals surface area contributed by atoms with Gasteiger partial charge in [0.2, 0.25) is 0 Å². The highest BCUT2D eigenvalue weighted by molar-refractivity contribution is 6.05. The molecule has 8 nitrogen and oxygen atoms in total. The number of aromatic amines is 1. The van der Waals surface area contributed by atoms with Crippen LogP contribution >= 0.6 is 0 Å². The Labute approximate surface area is 143 Å². The molecular weight excluding hydrogens is 324 g/mol. The Morgan fingerprint density at radius 1 is 1.28 bits per heavy atom. The van der Waals surface area contributed by atoms with Crippen molar-refractivity contribution in [3.8, 4) is 5.75 Å². The third-order valence-electron chi connectivity index (χ3n) is 3.65. The second-order valence-electron chi connectivity index (χ2n) is 5.48. The van der Waals surface area contributed by atoms with Crippen molar-refractivity contribution in [2.75, 3.05) is 13.2 Å². The molecule has 2 N–H and O–H groups in total. The van der Waals surface area contributed by atoms with Crippen LogP contribution in [0, 0.1) is 17.0 Å². The fourth-order valence-corrected chi connectivity index (χ4v) is 2.34. The van der Waals surface area contributed by atoms with Gasteiger partial charge < -0.3 is 10.1 Å². The molecule has 0 aliphatic carbocycles. The molecule has 0 fully saturated rings. The second kappa shape index (κ2) is 7.00. The highest BCUT2D eigenvalue weighted by Gasteiger charge is 2.16. The highest BCUT2D eigenvalue weighted by atomic mass is 16.6. The quantitative estimate of drug-likeness (QED) is 0.407. The minimum atomic E-state index is -0.510. The number of hydrogen-bond donors (Lipinski definition) is 2. The molecule has 0 aliphatic rings. The zero-order valence-corrected chi connectivity index (χ0v) is 13.5. The summed E-state index contributed by atoms with van der Waals surface area (Å²) in [4.78, 5) is 22.6. The summed E-state index contributed by atoms with van der Waals surface area (Å²) in [7, 11) is 0. The lowest BCUT2D eigenvalue weighted by molar-refractivity contribution is -0.384. The van der Waals surface area contributed by atoms with E-state index in [-0.39, 0.29) is 17.9 Å². The smallest absolute Gasteiger partial charge is 0.272 e. The predicted octanol–water partition coefficient (Wildman–Crippen LogP) is 2.59. The molecule has 0 unspecified atom stereocenters. The maximum Gasteiger partial charge on any atom is 0.272 e. The first-order valence-electron chi connectivity index (χ1n) is 7.65. The van der Waals surface area contributed by atoms with Gasteiger partial charge in [-0.3, -0.25) is 20.0 Å². The molecule has 1 aromatic heterocycles. The van der Waals surface area contributed by atoms with E-state index in [2.05, 4.69) is 15.5 Å². The van der Waals surface area contributed by atoms with Crippen molar-refractivity contribution >= 4 is 22.5 Å². The van der Waals surface area contributed by atoms with Crippen LogP contribution in [0.15, 0.2) is 42.5 Å². The fraction of sp³-hybridized carbons (Fsp3) is 0.176. The zero-order valence-electron chi connectivity index (χ0n) is 13.5. The summed E-state index contributed by atoms with van der Waals surface area (Å²) in [5.41, 5.74) is 1.73. The molecule has 0 atom stereocenters. The van der Waals surface area contributed by atoms with Crippen molar-refractivity contribution < 1.29 is 14.5 Å². The average Bonchev–Trinajstić information content (AvgIpc) is 3.03. The summed E-state index contributed by atoms with van der Waals surface area (Å²) in [5.74, 6) is 0.306. The van der Waals surface area contributed by atoms with E-state index in [0.717, 1.165) is 11.3 Å². The molecule has 1 heterocycles. The highest BCUT2D eigenvalue weighted by Crippen LogP contribution is 2.22. The van der Waals surface area contributed by atoms with Gasteiger partial charge in [-0.15, -0.1) is 0 Å². The van der Waals surface area contributed by atoms with Crippen LogP contribution in [0.3, 0.4) is 0 Å². The summed E-state index contributed by atoms with van der Waals surface area (Å²) < 4.78 is 5.53. The number of nitro groups is 1. The van der Waals surface area contributed by atoms with Crippen molar-refractivity contribution in [2.24, 2.45) is 0 Å². The van der Waals surface area contributed by atoms with E-state index in [1.165, 1.54) is 18.2 Å². The molecule has 0 saturated carbocycles. The van der Waals surface area contributed by atoms with Crippen molar-refractivity contribution in [3.63, 3.8) is 0 Å². The number of carbonyl (C=O) groups excluding carboxylic acids is 1. The van der Waals surface area contributed by atoms with Gasteiger partial charge in [-0.25, -0.2) is 0 Å². The zero-order chi connectivity index (χ0) is 17.8. The van der Waals surface area contributed by atoms with Gasteiger partial charge in [0.15, 0.2) is 5.69 Å². The number of H-pyrrole nitrogens is 1. The van der Waals surface area contributed by atoms with E-state index in [4.69, 9.17) is 4.74 Å². The molecule has 1 amide bonds. The van der Waals surface area contributed by atoms with Crippen molar-refractivity contribution in [1.82, 2.24) is 15.5 Å². The van der Waals surface area contributed by atoms with Gasteiger partial charge in [0.1, 0.15) is 12.4 Å². The summed E-state index contributed by atoms with van der Waals surface area (Å²) in [6, 6.07) is 11.8. The molecule has 0 bridgehead atoms. The summed E-state index contributed by atoms with van der Waals surface area (Å²) in [5, 5.41) is 20.6. The maximum absolute atomic E-state index is 12.2. The fourth-order valence-electron chi connectivity index (χ4n) is 2.34. The van der Waals surface area contributed by atoms with Gasteiger partial charge in [-0.05, 0) is 25.1 Å². The van der Waals surface area contributed by atoms with Crippen LogP contribution in [0.1, 0.15) is 16.1 Å². The molecule has 3 aromatic rings. The van der Waals surface area contributed by atoms with E-state index in [1.54, 1.807) is 0 Å². The van der Waals surface area contributed by atoms with Gasteiger partial charge in [0, 0.05) is 17.5 Å². The molecule has 128 valence electrons. The molecule has 8 heteroatoms. The van der Waals surface area contributed by atoms with Crippen LogP contribution in [0.25, 0.3) is 10.9 Å². The van der Waals surface area contributed by atoms with Gasteiger partial charge >= 0.3 is 0 Å². The lowest BCUT2D eigenvalue weighted by Gasteiger charge is -2.07. The number of non-ortho nitro benzene ring substituents is 1. The van der Waals surface area contributed by atoms with Gasteiger partial charge in [-0.1, -0.05) is 17.7 Å². The molecule has 3 rings (SSSR count). The molecule has 0 aliphatic heterocycles. The summed E-state index contributed by atoms with van der Waals surface area (Å²) in [6.07, 6.45) is 0. The normalized spacial score (nSPS) is 10.6. The number of nitro benzene ring substituents is 1. The van der Waals surface area contributed by atoms with E-state index >= 15 is 0 Å². The number of carbonyl (C=O) groups is 1. The third-order valence-corrected chi connectivity index (χ3v) is 3.65. The summed E-state index contributed by atoms with van der Waals surface area (Å²) in [6.45, 7) is 2.58. The molecule has 0 spiro atoms. The number of benzene rings is 2. The average molecular weight is 340 g/mol. The summed E-state index contributed by atoms with van der Waals surface area (Å²) >= 11 is 0. The van der Waals surface area contributed by atoms with Crippen LogP contribution in [0.5, 0.6) is 5.75 Å². The number of ether oxygens (including phenoxy) is 1. The van der Waals surface area contributed by atoms with Crippen LogP contribution in [0.4, 0.5) is 5.69 Å². The SMILES string of the molecule is Cc1ccc(OCCNC(=O)c2n[nH]c3ccc([N+](=O)[O-])cc23)cc1. The number of fused-ring (bicyclic) bond motifs is 1. The maximum atomic E-state index is 12.2. The molecular formula is C17H16N4O4. The first-order valence-corrected chi connectivity index (χ1v) is 7.65. The lowest BCUT2D eigenvalue weighted by Crippen LogP contribution is -2.28. The number of nitrogens with one attached hydrogen (secondary N) is 2. The number of aromatic nitrogens is 2. The number of amides is 1. The Bertz CT molecular complexity index is 918. The van der Waals surface area contributed by atoms with Crippen LogP contribution in [0.2, 0.25) is 0 Å². The van der Waals surface area contributed by atoms with Crippen LogP contribution in [-0.2, 0) is 0 Å². The lowest BCUT2D eigenvalue weighted by atomic mass is 10.2. The minimum Gasteiger partial charge on any atom is -0.492 e. The predicted molar refractivity (Wildman–Crippen MR) is 91.8 cm³/mol. The molecule has 0 radical (unpaired) electrons. The standard InChI is InChI=1S/C17H16N4O4/c1-11-2-5-13(6-3-11)25-9-8-18-17(22)16-14-10-12(21(23)24)4-7-15(14)19-20-16/h2-7,10H,8-9H2,1H3,(H,18,22)(H,19,20). The third kappa shape index (κ3) is 3.74. The van der Waals surface area contributed by atoms with E-state index in [0.29, 0.717) is 17.5 Å². The first-order chi connectivity index (χ1) is 12.0. The Balaban J connectivity index is 1.61. The Morgan fingerprint density at radius 3 is 2.76 bits per heavy atom. The minimum absolute atomic E-state index is 0.0920.